The third-order valence-electron chi connectivity index (χ3n) is 4.19. The molecule has 2 aromatic heterocycles. The van der Waals surface area contributed by atoms with E-state index in [1.807, 2.05) is 24.1 Å². The van der Waals surface area contributed by atoms with Crippen LogP contribution in [0.3, 0.4) is 0 Å². The number of aromatic nitrogens is 2. The minimum atomic E-state index is -0.136. The van der Waals surface area contributed by atoms with Crippen molar-refractivity contribution in [1.82, 2.24) is 15.0 Å². The van der Waals surface area contributed by atoms with Crippen LogP contribution < -0.4 is 0 Å². The molecule has 2 aromatic rings. The number of rotatable bonds is 5. The van der Waals surface area contributed by atoms with Crippen LogP contribution in [0.25, 0.3) is 0 Å². The summed E-state index contributed by atoms with van der Waals surface area (Å²) < 4.78 is 5.38. The third-order valence-corrected chi connectivity index (χ3v) is 5.27. The molecule has 24 heavy (non-hydrogen) atoms. The van der Waals surface area contributed by atoms with Crippen molar-refractivity contribution in [2.45, 2.75) is 52.0 Å². The number of ketones is 1. The van der Waals surface area contributed by atoms with Crippen LogP contribution >= 0.6 is 11.3 Å². The zero-order chi connectivity index (χ0) is 17.3. The number of hydrogen-bond donors (Lipinski definition) is 0. The molecule has 1 saturated heterocycles. The summed E-state index contributed by atoms with van der Waals surface area (Å²) in [5.41, 5.74) is 0.884. The predicted octanol–water partition coefficient (Wildman–Crippen LogP) is 3.36. The first-order valence-electron chi connectivity index (χ1n) is 8.17. The molecule has 1 aliphatic rings. The largest absolute Gasteiger partial charge is 0.337 e. The van der Waals surface area contributed by atoms with Gasteiger partial charge in [-0.05, 0) is 36.8 Å². The molecular formula is C17H21N3O3S. The number of nitrogens with zero attached hydrogens (tertiary/aromatic N) is 3. The second kappa shape index (κ2) is 6.84. The molecule has 3 heterocycles. The molecule has 0 spiro atoms. The van der Waals surface area contributed by atoms with Gasteiger partial charge in [-0.2, -0.15) is 4.98 Å². The van der Waals surface area contributed by atoms with E-state index in [0.717, 1.165) is 18.4 Å². The van der Waals surface area contributed by atoms with Crippen molar-refractivity contribution >= 4 is 23.0 Å². The fourth-order valence-electron chi connectivity index (χ4n) is 2.87. The lowest BCUT2D eigenvalue weighted by atomic mass is 10.1. The van der Waals surface area contributed by atoms with Gasteiger partial charge in [-0.15, -0.1) is 11.3 Å². The Hall–Kier alpha value is -2.02. The Labute approximate surface area is 144 Å². The van der Waals surface area contributed by atoms with Gasteiger partial charge in [0.2, 0.25) is 11.8 Å². The zero-order valence-electron chi connectivity index (χ0n) is 14.1. The number of carbonyl (C=O) groups excluding carboxylic acids is 2. The Morgan fingerprint density at radius 2 is 2.25 bits per heavy atom. The van der Waals surface area contributed by atoms with Crippen molar-refractivity contribution in [2.75, 3.05) is 6.54 Å². The number of hydrogen-bond acceptors (Lipinski definition) is 6. The van der Waals surface area contributed by atoms with Crippen molar-refractivity contribution in [1.29, 1.82) is 0 Å². The van der Waals surface area contributed by atoms with Gasteiger partial charge in [0, 0.05) is 12.5 Å². The monoisotopic (exact) mass is 347 g/mol. The van der Waals surface area contributed by atoms with Crippen LogP contribution in [-0.2, 0) is 11.2 Å². The number of amides is 1. The van der Waals surface area contributed by atoms with Crippen molar-refractivity contribution in [3.05, 3.63) is 33.6 Å². The van der Waals surface area contributed by atoms with E-state index >= 15 is 0 Å². The van der Waals surface area contributed by atoms with Gasteiger partial charge in [-0.3, -0.25) is 9.59 Å². The van der Waals surface area contributed by atoms with E-state index < -0.39 is 0 Å². The number of thiophene rings is 1. The molecule has 3 rings (SSSR count). The Morgan fingerprint density at radius 1 is 1.46 bits per heavy atom. The normalized spacial score (nSPS) is 17.7. The predicted molar refractivity (Wildman–Crippen MR) is 90.1 cm³/mol. The second-order valence-corrected chi connectivity index (χ2v) is 7.35. The summed E-state index contributed by atoms with van der Waals surface area (Å²) in [5, 5.41) is 5.88. The van der Waals surface area contributed by atoms with Crippen LogP contribution in [0, 0.1) is 0 Å². The Kier molecular flexibility index (Phi) is 4.80. The highest BCUT2D eigenvalue weighted by atomic mass is 32.1. The molecule has 0 bridgehead atoms. The molecular weight excluding hydrogens is 326 g/mol. The number of Topliss-reactive ketones (excluding diaryl/α,β-unsaturated/α-hetero) is 1. The molecule has 0 saturated carbocycles. The molecule has 1 amide bonds. The Bertz CT molecular complexity index is 750. The second-order valence-electron chi connectivity index (χ2n) is 6.44. The minimum Gasteiger partial charge on any atom is -0.337 e. The smallest absolute Gasteiger partial charge is 0.249 e. The minimum absolute atomic E-state index is 0.0322. The maximum Gasteiger partial charge on any atom is 0.249 e. The molecule has 128 valence electrons. The van der Waals surface area contributed by atoms with Crippen LogP contribution in [0.15, 0.2) is 16.0 Å². The molecule has 0 aromatic carbocycles. The maximum atomic E-state index is 12.7. The average molecular weight is 347 g/mol. The van der Waals surface area contributed by atoms with Crippen molar-refractivity contribution < 1.29 is 14.1 Å². The van der Waals surface area contributed by atoms with E-state index in [9.17, 15) is 9.59 Å². The quantitative estimate of drug-likeness (QED) is 0.775. The van der Waals surface area contributed by atoms with Crippen LogP contribution in [0.1, 0.15) is 72.5 Å². The van der Waals surface area contributed by atoms with E-state index in [1.54, 1.807) is 6.07 Å². The zero-order valence-corrected chi connectivity index (χ0v) is 14.9. The summed E-state index contributed by atoms with van der Waals surface area (Å²) in [4.78, 5) is 31.0. The Morgan fingerprint density at radius 3 is 2.88 bits per heavy atom. The molecule has 1 atom stereocenters. The fraction of sp³-hybridized carbons (Fsp3) is 0.529. The molecule has 1 aliphatic heterocycles. The lowest BCUT2D eigenvalue weighted by Gasteiger charge is -2.21. The van der Waals surface area contributed by atoms with E-state index in [4.69, 9.17) is 4.52 Å². The molecule has 0 aliphatic carbocycles. The lowest BCUT2D eigenvalue weighted by molar-refractivity contribution is -0.131. The summed E-state index contributed by atoms with van der Waals surface area (Å²) in [7, 11) is 0. The molecule has 7 heteroatoms. The lowest BCUT2D eigenvalue weighted by Crippen LogP contribution is -2.31. The highest BCUT2D eigenvalue weighted by molar-refractivity contribution is 7.12. The van der Waals surface area contributed by atoms with Crippen molar-refractivity contribution in [2.24, 2.45) is 0 Å². The van der Waals surface area contributed by atoms with E-state index in [0.29, 0.717) is 29.6 Å². The summed E-state index contributed by atoms with van der Waals surface area (Å²) >= 11 is 1.38. The van der Waals surface area contributed by atoms with E-state index in [1.165, 1.54) is 18.3 Å². The summed E-state index contributed by atoms with van der Waals surface area (Å²) in [6, 6.07) is 1.67. The van der Waals surface area contributed by atoms with Crippen LogP contribution in [0.2, 0.25) is 0 Å². The molecule has 0 N–H and O–H groups in total. The van der Waals surface area contributed by atoms with Gasteiger partial charge in [-0.25, -0.2) is 0 Å². The van der Waals surface area contributed by atoms with E-state index in [2.05, 4.69) is 10.1 Å². The highest BCUT2D eigenvalue weighted by Gasteiger charge is 2.34. The Balaban J connectivity index is 1.71. The fourth-order valence-corrected chi connectivity index (χ4v) is 3.68. The van der Waals surface area contributed by atoms with Crippen LogP contribution in [0.5, 0.6) is 0 Å². The molecule has 1 unspecified atom stereocenters. The van der Waals surface area contributed by atoms with Crippen LogP contribution in [-0.4, -0.2) is 33.3 Å². The number of likely N-dealkylation sites (tertiary alicyclic amines) is 1. The van der Waals surface area contributed by atoms with E-state index in [-0.39, 0.29) is 23.7 Å². The topological polar surface area (TPSA) is 76.3 Å². The first-order chi connectivity index (χ1) is 11.5. The third kappa shape index (κ3) is 3.40. The average Bonchev–Trinajstić information content (AvgIpc) is 3.26. The molecule has 1 fully saturated rings. The van der Waals surface area contributed by atoms with Gasteiger partial charge >= 0.3 is 0 Å². The first-order valence-corrected chi connectivity index (χ1v) is 9.05. The van der Waals surface area contributed by atoms with Crippen LogP contribution in [0.4, 0.5) is 0 Å². The van der Waals surface area contributed by atoms with Gasteiger partial charge in [0.05, 0.1) is 11.3 Å². The van der Waals surface area contributed by atoms with Gasteiger partial charge in [0.15, 0.2) is 11.6 Å². The van der Waals surface area contributed by atoms with Gasteiger partial charge < -0.3 is 9.42 Å². The van der Waals surface area contributed by atoms with Crippen molar-refractivity contribution in [3.8, 4) is 0 Å². The highest BCUT2D eigenvalue weighted by Crippen LogP contribution is 2.32. The van der Waals surface area contributed by atoms with Crippen molar-refractivity contribution in [3.63, 3.8) is 0 Å². The first kappa shape index (κ1) is 16.8. The number of carbonyl (C=O) groups is 2. The standard InChI is InChI=1S/C17H21N3O3S/c1-10(2)16-18-17(23-19-16)13-5-4-6-20(13)15(22)8-12-7-14(11(3)21)24-9-12/h7,9-10,13H,4-6,8H2,1-3H3. The SMILES string of the molecule is CC(=O)c1cc(CC(=O)N2CCCC2c2nc(C(C)C)no2)cs1. The van der Waals surface area contributed by atoms with Gasteiger partial charge in [0.25, 0.3) is 0 Å². The molecule has 0 radical (unpaired) electrons. The van der Waals surface area contributed by atoms with Gasteiger partial charge in [0.1, 0.15) is 6.04 Å². The maximum absolute atomic E-state index is 12.7. The summed E-state index contributed by atoms with van der Waals surface area (Å²) in [5.74, 6) is 1.47. The summed E-state index contributed by atoms with van der Waals surface area (Å²) in [6.07, 6.45) is 2.07. The molecule has 6 nitrogen and oxygen atoms in total. The van der Waals surface area contributed by atoms with Gasteiger partial charge in [-0.1, -0.05) is 19.0 Å². The summed E-state index contributed by atoms with van der Waals surface area (Å²) in [6.45, 7) is 6.26.